The number of nitrogens with zero attached hydrogens (tertiary/aromatic N) is 1. The van der Waals surface area contributed by atoms with E-state index in [0.29, 0.717) is 22.8 Å². The third-order valence-corrected chi connectivity index (χ3v) is 5.52. The summed E-state index contributed by atoms with van der Waals surface area (Å²) >= 11 is 0. The van der Waals surface area contributed by atoms with Crippen LogP contribution in [0.3, 0.4) is 0 Å². The molecule has 1 aliphatic carbocycles. The molecule has 0 radical (unpaired) electrons. The molecule has 0 atom stereocenters. The van der Waals surface area contributed by atoms with E-state index in [2.05, 4.69) is 15.8 Å². The van der Waals surface area contributed by atoms with Crippen LogP contribution in [-0.2, 0) is 4.79 Å². The monoisotopic (exact) mass is 423 g/mol. The average Bonchev–Trinajstić information content (AvgIpc) is 2.82. The van der Waals surface area contributed by atoms with E-state index in [0.717, 1.165) is 36.9 Å². The maximum absolute atomic E-state index is 12.4. The zero-order valence-corrected chi connectivity index (χ0v) is 18.2. The predicted octanol–water partition coefficient (Wildman–Crippen LogP) is 4.38. The van der Waals surface area contributed by atoms with Crippen molar-refractivity contribution in [1.29, 1.82) is 0 Å². The lowest BCUT2D eigenvalue weighted by Crippen LogP contribution is -2.24. The summed E-state index contributed by atoms with van der Waals surface area (Å²) in [6, 6.07) is 12.4. The number of ether oxygens (including phenoxy) is 2. The average molecular weight is 424 g/mol. The van der Waals surface area contributed by atoms with E-state index < -0.39 is 0 Å². The second-order valence-corrected chi connectivity index (χ2v) is 7.61. The number of carbonyl (C=O) groups excluding carboxylic acids is 2. The minimum absolute atomic E-state index is 0.0972. The van der Waals surface area contributed by atoms with Gasteiger partial charge < -0.3 is 14.8 Å². The van der Waals surface area contributed by atoms with E-state index in [1.165, 1.54) is 20.6 Å². The SMILES string of the molecule is COc1ccc(C(=O)NN=C(C)c2ccc(NC(=O)C3CCCCC3)cc2)cc1OC. The van der Waals surface area contributed by atoms with E-state index in [4.69, 9.17) is 9.47 Å². The summed E-state index contributed by atoms with van der Waals surface area (Å²) < 4.78 is 10.4. The minimum atomic E-state index is -0.350. The smallest absolute Gasteiger partial charge is 0.271 e. The Bertz CT molecular complexity index is 948. The van der Waals surface area contributed by atoms with Gasteiger partial charge in [0.15, 0.2) is 11.5 Å². The molecule has 0 saturated heterocycles. The van der Waals surface area contributed by atoms with Gasteiger partial charge in [0.1, 0.15) is 0 Å². The Balaban J connectivity index is 1.59. The number of anilines is 1. The highest BCUT2D eigenvalue weighted by molar-refractivity contribution is 6.01. The highest BCUT2D eigenvalue weighted by Gasteiger charge is 2.21. The molecule has 7 nitrogen and oxygen atoms in total. The molecule has 1 saturated carbocycles. The van der Waals surface area contributed by atoms with Crippen LogP contribution in [0.25, 0.3) is 0 Å². The van der Waals surface area contributed by atoms with E-state index in [1.54, 1.807) is 18.2 Å². The largest absolute Gasteiger partial charge is 0.493 e. The molecule has 0 bridgehead atoms. The number of nitrogens with one attached hydrogen (secondary N) is 2. The molecule has 2 amide bonds. The molecular formula is C24H29N3O4. The Kier molecular flexibility index (Phi) is 7.65. The van der Waals surface area contributed by atoms with Crippen LogP contribution >= 0.6 is 0 Å². The van der Waals surface area contributed by atoms with Crippen LogP contribution in [-0.4, -0.2) is 31.7 Å². The third-order valence-electron chi connectivity index (χ3n) is 5.52. The molecule has 1 aliphatic rings. The van der Waals surface area contributed by atoms with Gasteiger partial charge in [-0.05, 0) is 55.7 Å². The Morgan fingerprint density at radius 1 is 0.903 bits per heavy atom. The van der Waals surface area contributed by atoms with Gasteiger partial charge in [0.05, 0.1) is 19.9 Å². The number of carbonyl (C=O) groups is 2. The van der Waals surface area contributed by atoms with Gasteiger partial charge in [0.25, 0.3) is 5.91 Å². The van der Waals surface area contributed by atoms with Crippen LogP contribution in [0.1, 0.15) is 54.9 Å². The topological polar surface area (TPSA) is 89.0 Å². The summed E-state index contributed by atoms with van der Waals surface area (Å²) in [5.74, 6) is 0.885. The normalized spacial score (nSPS) is 14.6. The number of hydrazone groups is 1. The molecule has 0 heterocycles. The Morgan fingerprint density at radius 2 is 1.55 bits per heavy atom. The van der Waals surface area contributed by atoms with Crippen molar-refractivity contribution in [3.05, 3.63) is 53.6 Å². The third kappa shape index (κ3) is 5.84. The first kappa shape index (κ1) is 22.3. The van der Waals surface area contributed by atoms with Gasteiger partial charge in [-0.25, -0.2) is 5.43 Å². The van der Waals surface area contributed by atoms with Gasteiger partial charge in [-0.3, -0.25) is 9.59 Å². The Labute approximate surface area is 182 Å². The standard InChI is InChI=1S/C24H29N3O4/c1-16(26-27-24(29)19-11-14-21(30-2)22(15-19)31-3)17-9-12-20(13-10-17)25-23(28)18-7-5-4-6-8-18/h9-15,18H,4-8H2,1-3H3,(H,25,28)(H,27,29). The number of benzene rings is 2. The quantitative estimate of drug-likeness (QED) is 0.511. The molecule has 0 spiro atoms. The zero-order chi connectivity index (χ0) is 22.2. The first-order valence-corrected chi connectivity index (χ1v) is 10.5. The highest BCUT2D eigenvalue weighted by Crippen LogP contribution is 2.27. The summed E-state index contributed by atoms with van der Waals surface area (Å²) in [4.78, 5) is 24.8. The van der Waals surface area contributed by atoms with Gasteiger partial charge in [-0.15, -0.1) is 0 Å². The van der Waals surface area contributed by atoms with E-state index in [1.807, 2.05) is 31.2 Å². The molecule has 1 fully saturated rings. The highest BCUT2D eigenvalue weighted by atomic mass is 16.5. The van der Waals surface area contributed by atoms with Crippen molar-refractivity contribution < 1.29 is 19.1 Å². The summed E-state index contributed by atoms with van der Waals surface area (Å²) in [6.45, 7) is 1.81. The number of hydrogen-bond donors (Lipinski definition) is 2. The van der Waals surface area contributed by atoms with Crippen molar-refractivity contribution in [2.45, 2.75) is 39.0 Å². The summed E-state index contributed by atoms with van der Waals surface area (Å²) in [5, 5.41) is 7.19. The molecule has 2 N–H and O–H groups in total. The molecule has 0 unspecified atom stereocenters. The molecule has 164 valence electrons. The lowest BCUT2D eigenvalue weighted by atomic mass is 9.88. The van der Waals surface area contributed by atoms with Crippen molar-refractivity contribution >= 4 is 23.2 Å². The molecule has 2 aromatic carbocycles. The van der Waals surface area contributed by atoms with Crippen molar-refractivity contribution in [3.8, 4) is 11.5 Å². The van der Waals surface area contributed by atoms with Gasteiger partial charge in [0, 0.05) is 17.2 Å². The van der Waals surface area contributed by atoms with E-state index >= 15 is 0 Å². The van der Waals surface area contributed by atoms with Crippen molar-refractivity contribution in [3.63, 3.8) is 0 Å². The fourth-order valence-electron chi connectivity index (χ4n) is 3.65. The summed E-state index contributed by atoms with van der Waals surface area (Å²) in [6.07, 6.45) is 5.41. The van der Waals surface area contributed by atoms with E-state index in [9.17, 15) is 9.59 Å². The molecule has 7 heteroatoms. The predicted molar refractivity (Wildman–Crippen MR) is 121 cm³/mol. The maximum atomic E-state index is 12.4. The second-order valence-electron chi connectivity index (χ2n) is 7.61. The second kappa shape index (κ2) is 10.6. The summed E-state index contributed by atoms with van der Waals surface area (Å²) in [7, 11) is 3.06. The van der Waals surface area contributed by atoms with Crippen LogP contribution in [0.2, 0.25) is 0 Å². The Morgan fingerprint density at radius 3 is 2.19 bits per heavy atom. The Hall–Kier alpha value is -3.35. The maximum Gasteiger partial charge on any atom is 0.271 e. The van der Waals surface area contributed by atoms with E-state index in [-0.39, 0.29) is 17.7 Å². The van der Waals surface area contributed by atoms with Crippen LogP contribution in [0.15, 0.2) is 47.6 Å². The lowest BCUT2D eigenvalue weighted by molar-refractivity contribution is -0.120. The fraction of sp³-hybridized carbons (Fsp3) is 0.375. The van der Waals surface area contributed by atoms with Crippen LogP contribution in [0.4, 0.5) is 5.69 Å². The summed E-state index contributed by atoms with van der Waals surface area (Å²) in [5.41, 5.74) is 5.24. The molecule has 0 aliphatic heterocycles. The zero-order valence-electron chi connectivity index (χ0n) is 18.2. The minimum Gasteiger partial charge on any atom is -0.493 e. The molecule has 3 rings (SSSR count). The van der Waals surface area contributed by atoms with Crippen LogP contribution in [0, 0.1) is 5.92 Å². The molecule has 0 aromatic heterocycles. The lowest BCUT2D eigenvalue weighted by Gasteiger charge is -2.20. The molecule has 2 aromatic rings. The first-order chi connectivity index (χ1) is 15.0. The van der Waals surface area contributed by atoms with Gasteiger partial charge >= 0.3 is 0 Å². The van der Waals surface area contributed by atoms with Crippen molar-refractivity contribution in [2.24, 2.45) is 11.0 Å². The van der Waals surface area contributed by atoms with Crippen molar-refractivity contribution in [2.75, 3.05) is 19.5 Å². The number of rotatable bonds is 7. The van der Waals surface area contributed by atoms with Crippen LogP contribution in [0.5, 0.6) is 11.5 Å². The number of hydrogen-bond acceptors (Lipinski definition) is 5. The van der Waals surface area contributed by atoms with Gasteiger partial charge in [-0.1, -0.05) is 31.4 Å². The fourth-order valence-corrected chi connectivity index (χ4v) is 3.65. The van der Waals surface area contributed by atoms with Crippen molar-refractivity contribution in [1.82, 2.24) is 5.43 Å². The molecule has 31 heavy (non-hydrogen) atoms. The number of amides is 2. The van der Waals surface area contributed by atoms with Gasteiger partial charge in [-0.2, -0.15) is 5.10 Å². The number of methoxy groups -OCH3 is 2. The van der Waals surface area contributed by atoms with Gasteiger partial charge in [0.2, 0.25) is 5.91 Å². The van der Waals surface area contributed by atoms with Crippen LogP contribution < -0.4 is 20.2 Å². The first-order valence-electron chi connectivity index (χ1n) is 10.5. The molecular weight excluding hydrogens is 394 g/mol.